The van der Waals surface area contributed by atoms with E-state index in [9.17, 15) is 14.4 Å². The monoisotopic (exact) mass is 654 g/mol. The Balaban J connectivity index is 1.26. The Morgan fingerprint density at radius 3 is 2.54 bits per heavy atom. The molecule has 1 fully saturated rings. The van der Waals surface area contributed by atoms with Crippen LogP contribution >= 0.6 is 34.4 Å². The zero-order valence-corrected chi connectivity index (χ0v) is 24.4. The molecule has 0 N–H and O–H groups in total. The molecule has 9 heteroatoms. The number of carbonyl (C=O) groups is 3. The van der Waals surface area contributed by atoms with Gasteiger partial charge in [-0.2, -0.15) is 0 Å². The van der Waals surface area contributed by atoms with Crippen LogP contribution in [0.15, 0.2) is 71.6 Å². The van der Waals surface area contributed by atoms with E-state index in [1.54, 1.807) is 23.1 Å². The molecular formula is C30H27IN2O5S. The van der Waals surface area contributed by atoms with Crippen molar-refractivity contribution in [1.82, 2.24) is 9.80 Å². The Labute approximate surface area is 245 Å². The second-order valence-electron chi connectivity index (χ2n) is 9.16. The van der Waals surface area contributed by atoms with Crippen LogP contribution in [0.2, 0.25) is 0 Å². The highest BCUT2D eigenvalue weighted by Gasteiger charge is 2.37. The molecule has 3 amide bonds. The quantitative estimate of drug-likeness (QED) is 0.223. The third kappa shape index (κ3) is 6.47. The lowest BCUT2D eigenvalue weighted by Crippen LogP contribution is -2.44. The van der Waals surface area contributed by atoms with Gasteiger partial charge in [-0.1, -0.05) is 42.5 Å². The fraction of sp³-hybridized carbons (Fsp3) is 0.233. The van der Waals surface area contributed by atoms with E-state index in [2.05, 4.69) is 28.7 Å². The number of nitrogens with zero attached hydrogens (tertiary/aromatic N) is 2. The number of halogens is 1. The SMILES string of the molecule is CCOc1cc(/C=C2\SC(=O)N(CC(=O)N3CCc4ccccc4C3)C2=O)ccc1OCc1ccc(I)cc1. The number of fused-ring (bicyclic) bond motifs is 1. The lowest BCUT2D eigenvalue weighted by molar-refractivity contribution is -0.136. The van der Waals surface area contributed by atoms with E-state index in [4.69, 9.17) is 9.47 Å². The first kappa shape index (κ1) is 27.3. The molecule has 5 rings (SSSR count). The van der Waals surface area contributed by atoms with E-state index in [1.807, 2.05) is 55.5 Å². The summed E-state index contributed by atoms with van der Waals surface area (Å²) in [5.41, 5.74) is 4.07. The highest BCUT2D eigenvalue weighted by atomic mass is 127. The van der Waals surface area contributed by atoms with Crippen LogP contribution in [0, 0.1) is 3.57 Å². The molecule has 2 aliphatic heterocycles. The molecule has 0 aliphatic carbocycles. The molecule has 0 unspecified atom stereocenters. The molecule has 0 aromatic heterocycles. The number of hydrogen-bond donors (Lipinski definition) is 0. The zero-order valence-electron chi connectivity index (χ0n) is 21.4. The van der Waals surface area contributed by atoms with E-state index in [0.717, 1.165) is 37.8 Å². The number of thioether (sulfide) groups is 1. The average Bonchev–Trinajstić information content (AvgIpc) is 3.20. The summed E-state index contributed by atoms with van der Waals surface area (Å²) >= 11 is 3.10. The van der Waals surface area contributed by atoms with Crippen LogP contribution in [0.4, 0.5) is 4.79 Å². The Morgan fingerprint density at radius 1 is 1.00 bits per heavy atom. The second-order valence-corrected chi connectivity index (χ2v) is 11.4. The van der Waals surface area contributed by atoms with Gasteiger partial charge in [-0.05, 0) is 100 Å². The maximum absolute atomic E-state index is 13.1. The topological polar surface area (TPSA) is 76.2 Å². The molecule has 0 bridgehead atoms. The third-order valence-electron chi connectivity index (χ3n) is 6.52. The van der Waals surface area contributed by atoms with Gasteiger partial charge in [-0.25, -0.2) is 0 Å². The molecule has 39 heavy (non-hydrogen) atoms. The van der Waals surface area contributed by atoms with E-state index >= 15 is 0 Å². The highest BCUT2D eigenvalue weighted by Crippen LogP contribution is 2.35. The molecule has 2 heterocycles. The van der Waals surface area contributed by atoms with Crippen LogP contribution in [-0.4, -0.2) is 46.5 Å². The summed E-state index contributed by atoms with van der Waals surface area (Å²) in [6, 6.07) is 21.5. The third-order valence-corrected chi connectivity index (χ3v) is 8.15. The molecule has 0 saturated carbocycles. The number of rotatable bonds is 8. The molecule has 0 atom stereocenters. The van der Waals surface area contributed by atoms with Gasteiger partial charge in [-0.3, -0.25) is 19.3 Å². The van der Waals surface area contributed by atoms with Gasteiger partial charge in [0.25, 0.3) is 11.1 Å². The number of imide groups is 1. The Bertz CT molecular complexity index is 1440. The summed E-state index contributed by atoms with van der Waals surface area (Å²) in [4.78, 5) is 41.7. The minimum absolute atomic E-state index is 0.235. The van der Waals surface area contributed by atoms with Crippen LogP contribution in [0.3, 0.4) is 0 Å². The second kappa shape index (κ2) is 12.3. The first-order chi connectivity index (χ1) is 18.9. The van der Waals surface area contributed by atoms with Crippen LogP contribution < -0.4 is 9.47 Å². The van der Waals surface area contributed by atoms with Crippen molar-refractivity contribution in [3.63, 3.8) is 0 Å². The molecule has 200 valence electrons. The van der Waals surface area contributed by atoms with Gasteiger partial charge in [0.15, 0.2) is 11.5 Å². The fourth-order valence-corrected chi connectivity index (χ4v) is 5.67. The smallest absolute Gasteiger partial charge is 0.294 e. The van der Waals surface area contributed by atoms with Crippen molar-refractivity contribution in [2.45, 2.75) is 26.5 Å². The number of ether oxygens (including phenoxy) is 2. The van der Waals surface area contributed by atoms with Crippen LogP contribution in [0.1, 0.15) is 29.2 Å². The predicted octanol–water partition coefficient (Wildman–Crippen LogP) is 5.89. The van der Waals surface area contributed by atoms with Crippen molar-refractivity contribution in [2.75, 3.05) is 19.7 Å². The summed E-state index contributed by atoms with van der Waals surface area (Å²) in [7, 11) is 0. The van der Waals surface area contributed by atoms with Crippen molar-refractivity contribution in [3.05, 3.63) is 97.5 Å². The zero-order chi connectivity index (χ0) is 27.4. The molecule has 3 aromatic rings. The lowest BCUT2D eigenvalue weighted by Gasteiger charge is -2.29. The van der Waals surface area contributed by atoms with Crippen molar-refractivity contribution >= 4 is 57.5 Å². The van der Waals surface area contributed by atoms with Gasteiger partial charge in [0.1, 0.15) is 13.2 Å². The normalized spacial score (nSPS) is 16.0. The summed E-state index contributed by atoms with van der Waals surface area (Å²) in [5.74, 6) is 0.444. The minimum atomic E-state index is -0.465. The van der Waals surface area contributed by atoms with E-state index < -0.39 is 11.1 Å². The first-order valence-electron chi connectivity index (χ1n) is 12.7. The maximum atomic E-state index is 13.1. The van der Waals surface area contributed by atoms with Crippen molar-refractivity contribution in [3.8, 4) is 11.5 Å². The van der Waals surface area contributed by atoms with Gasteiger partial charge < -0.3 is 14.4 Å². The van der Waals surface area contributed by atoms with Gasteiger partial charge in [0.2, 0.25) is 5.91 Å². The van der Waals surface area contributed by atoms with Crippen LogP contribution in [0.5, 0.6) is 11.5 Å². The highest BCUT2D eigenvalue weighted by molar-refractivity contribution is 14.1. The Morgan fingerprint density at radius 2 is 1.77 bits per heavy atom. The number of benzene rings is 3. The standard InChI is InChI=1S/C30H27IN2O5S/c1-2-37-26-15-21(9-12-25(26)38-19-20-7-10-24(31)11-8-20)16-27-29(35)33(30(36)39-27)18-28(34)32-14-13-22-5-3-4-6-23(22)17-32/h3-12,15-16H,2,13-14,17-19H2,1H3/b27-16-. The maximum Gasteiger partial charge on any atom is 0.294 e. The van der Waals surface area contributed by atoms with Crippen molar-refractivity contribution in [2.24, 2.45) is 0 Å². The minimum Gasteiger partial charge on any atom is -0.490 e. The summed E-state index contributed by atoms with van der Waals surface area (Å²) in [6.07, 6.45) is 2.41. The largest absolute Gasteiger partial charge is 0.490 e. The molecule has 0 radical (unpaired) electrons. The van der Waals surface area contributed by atoms with Crippen LogP contribution in [-0.2, 0) is 29.2 Å². The summed E-state index contributed by atoms with van der Waals surface area (Å²) in [5, 5.41) is -0.445. The molecular weight excluding hydrogens is 627 g/mol. The number of amides is 3. The molecule has 1 saturated heterocycles. The molecule has 3 aromatic carbocycles. The average molecular weight is 655 g/mol. The molecule has 2 aliphatic rings. The molecule has 7 nitrogen and oxygen atoms in total. The number of carbonyl (C=O) groups excluding carboxylic acids is 3. The van der Waals surface area contributed by atoms with E-state index in [0.29, 0.717) is 43.4 Å². The van der Waals surface area contributed by atoms with Gasteiger partial charge in [0, 0.05) is 16.7 Å². The lowest BCUT2D eigenvalue weighted by atomic mass is 10.00. The Hall–Kier alpha value is -3.31. The predicted molar refractivity (Wildman–Crippen MR) is 159 cm³/mol. The van der Waals surface area contributed by atoms with Gasteiger partial charge >= 0.3 is 0 Å². The van der Waals surface area contributed by atoms with E-state index in [-0.39, 0.29) is 17.4 Å². The molecule has 0 spiro atoms. The number of hydrogen-bond acceptors (Lipinski definition) is 6. The van der Waals surface area contributed by atoms with E-state index in [1.165, 1.54) is 5.56 Å². The van der Waals surface area contributed by atoms with Gasteiger partial charge in [0.05, 0.1) is 11.5 Å². The van der Waals surface area contributed by atoms with Crippen LogP contribution in [0.25, 0.3) is 6.08 Å². The van der Waals surface area contributed by atoms with Gasteiger partial charge in [-0.15, -0.1) is 0 Å². The Kier molecular flexibility index (Phi) is 8.56. The fourth-order valence-electron chi connectivity index (χ4n) is 4.48. The van der Waals surface area contributed by atoms with Crippen molar-refractivity contribution < 1.29 is 23.9 Å². The summed E-state index contributed by atoms with van der Waals surface area (Å²) < 4.78 is 12.9. The summed E-state index contributed by atoms with van der Waals surface area (Å²) in [6.45, 7) is 3.52. The van der Waals surface area contributed by atoms with Crippen molar-refractivity contribution in [1.29, 1.82) is 0 Å². The first-order valence-corrected chi connectivity index (χ1v) is 14.5.